The Bertz CT molecular complexity index is 590. The summed E-state index contributed by atoms with van der Waals surface area (Å²) in [5.74, 6) is 0. The quantitative estimate of drug-likeness (QED) is 0.816. The van der Waals surface area contributed by atoms with Gasteiger partial charge in [-0.2, -0.15) is 0 Å². The minimum Gasteiger partial charge on any atom is -0.310 e. The maximum Gasteiger partial charge on any atom is 0.0704 e. The van der Waals surface area contributed by atoms with Gasteiger partial charge in [0.25, 0.3) is 0 Å². The monoisotopic (exact) mass is 349 g/mol. The van der Waals surface area contributed by atoms with Gasteiger partial charge in [0.05, 0.1) is 3.79 Å². The van der Waals surface area contributed by atoms with Gasteiger partial charge < -0.3 is 5.32 Å². The van der Waals surface area contributed by atoms with Gasteiger partial charge in [-0.25, -0.2) is 0 Å². The van der Waals surface area contributed by atoms with Crippen LogP contribution in [0.2, 0.25) is 0 Å². The molecule has 20 heavy (non-hydrogen) atoms. The number of hydrogen-bond donors (Lipinski definition) is 1. The number of nitrogens with one attached hydrogen (secondary N) is 1. The van der Waals surface area contributed by atoms with Crippen molar-refractivity contribution in [2.45, 2.75) is 38.6 Å². The molecule has 0 spiro atoms. The van der Waals surface area contributed by atoms with Crippen LogP contribution in [0.4, 0.5) is 0 Å². The van der Waals surface area contributed by atoms with Crippen molar-refractivity contribution in [1.82, 2.24) is 5.32 Å². The van der Waals surface area contributed by atoms with Gasteiger partial charge in [-0.3, -0.25) is 0 Å². The number of benzene rings is 1. The van der Waals surface area contributed by atoms with Crippen LogP contribution in [-0.4, -0.2) is 6.54 Å². The summed E-state index contributed by atoms with van der Waals surface area (Å²) in [5, 5.41) is 3.74. The van der Waals surface area contributed by atoms with Crippen molar-refractivity contribution in [2.24, 2.45) is 0 Å². The Morgan fingerprint density at radius 1 is 1.35 bits per heavy atom. The van der Waals surface area contributed by atoms with Crippen molar-refractivity contribution in [1.29, 1.82) is 0 Å². The largest absolute Gasteiger partial charge is 0.310 e. The summed E-state index contributed by atoms with van der Waals surface area (Å²) in [6.45, 7) is 3.22. The number of aryl methyl sites for hydroxylation is 2. The Morgan fingerprint density at radius 3 is 3.10 bits per heavy atom. The summed E-state index contributed by atoms with van der Waals surface area (Å²) in [4.78, 5) is 1.57. The van der Waals surface area contributed by atoms with Gasteiger partial charge in [-0.1, -0.05) is 29.8 Å². The molecule has 1 N–H and O–H groups in total. The van der Waals surface area contributed by atoms with Gasteiger partial charge >= 0.3 is 0 Å². The molecular formula is C17H20BrNS. The molecule has 0 amide bonds. The second-order valence-corrected chi connectivity index (χ2v) is 8.08. The molecule has 0 aliphatic heterocycles. The van der Waals surface area contributed by atoms with E-state index in [-0.39, 0.29) is 0 Å². The molecule has 0 saturated carbocycles. The Hall–Kier alpha value is -0.640. The summed E-state index contributed by atoms with van der Waals surface area (Å²) in [6.07, 6.45) is 4.94. The van der Waals surface area contributed by atoms with Crippen LogP contribution in [0.1, 0.15) is 40.5 Å². The number of rotatable bonds is 4. The molecule has 1 aliphatic carbocycles. The van der Waals surface area contributed by atoms with Crippen molar-refractivity contribution in [3.63, 3.8) is 0 Å². The lowest BCUT2D eigenvalue weighted by Gasteiger charge is -2.23. The zero-order chi connectivity index (χ0) is 13.9. The highest BCUT2D eigenvalue weighted by atomic mass is 79.9. The van der Waals surface area contributed by atoms with E-state index >= 15 is 0 Å². The van der Waals surface area contributed by atoms with Gasteiger partial charge in [0.2, 0.25) is 0 Å². The van der Waals surface area contributed by atoms with Crippen LogP contribution in [0, 0.1) is 6.92 Å². The van der Waals surface area contributed by atoms with Crippen LogP contribution in [0.25, 0.3) is 0 Å². The standard InChI is InChI=1S/C17H20BrNS/c1-12-4-2-5-13(10-12)8-9-19-15-6-3-7-16-14(15)11-17(18)20-16/h2,4-5,10-11,15,19H,3,6-9H2,1H3. The van der Waals surface area contributed by atoms with E-state index in [0.717, 1.165) is 13.0 Å². The first-order valence-electron chi connectivity index (χ1n) is 7.29. The summed E-state index contributed by atoms with van der Waals surface area (Å²) in [7, 11) is 0. The molecule has 106 valence electrons. The third-order valence-corrected chi connectivity index (χ3v) is 5.68. The summed E-state index contributed by atoms with van der Waals surface area (Å²) in [5.41, 5.74) is 4.31. The van der Waals surface area contributed by atoms with E-state index in [1.165, 1.54) is 39.7 Å². The molecule has 1 aromatic heterocycles. The summed E-state index contributed by atoms with van der Waals surface area (Å²) >= 11 is 5.53. The fraction of sp³-hybridized carbons (Fsp3) is 0.412. The lowest BCUT2D eigenvalue weighted by molar-refractivity contribution is 0.467. The van der Waals surface area contributed by atoms with E-state index in [0.29, 0.717) is 6.04 Å². The van der Waals surface area contributed by atoms with Gasteiger partial charge in [0, 0.05) is 10.9 Å². The molecule has 1 unspecified atom stereocenters. The van der Waals surface area contributed by atoms with Crippen molar-refractivity contribution in [3.8, 4) is 0 Å². The average Bonchev–Trinajstić information content (AvgIpc) is 2.80. The molecule has 1 aromatic carbocycles. The molecule has 1 atom stereocenters. The van der Waals surface area contributed by atoms with Gasteiger partial charge in [-0.05, 0) is 72.3 Å². The van der Waals surface area contributed by atoms with Gasteiger partial charge in [-0.15, -0.1) is 11.3 Å². The summed E-state index contributed by atoms with van der Waals surface area (Å²) in [6, 6.07) is 11.7. The number of halogens is 1. The van der Waals surface area contributed by atoms with Crippen molar-refractivity contribution >= 4 is 27.3 Å². The lowest BCUT2D eigenvalue weighted by atomic mass is 9.94. The smallest absolute Gasteiger partial charge is 0.0704 e. The van der Waals surface area contributed by atoms with E-state index in [2.05, 4.69) is 58.5 Å². The maximum absolute atomic E-state index is 3.74. The van der Waals surface area contributed by atoms with Crippen LogP contribution in [0.15, 0.2) is 34.1 Å². The maximum atomic E-state index is 3.74. The normalized spacial score (nSPS) is 18.0. The van der Waals surface area contributed by atoms with E-state index < -0.39 is 0 Å². The van der Waals surface area contributed by atoms with E-state index in [4.69, 9.17) is 0 Å². The third-order valence-electron chi connectivity index (χ3n) is 3.97. The van der Waals surface area contributed by atoms with Gasteiger partial charge in [0.1, 0.15) is 0 Å². The number of thiophene rings is 1. The fourth-order valence-electron chi connectivity index (χ4n) is 2.99. The SMILES string of the molecule is Cc1cccc(CCNC2CCCc3sc(Br)cc32)c1. The Kier molecular flexibility index (Phi) is 4.59. The molecule has 0 radical (unpaired) electrons. The minimum atomic E-state index is 0.547. The van der Waals surface area contributed by atoms with Gasteiger partial charge in [0.15, 0.2) is 0 Å². The molecule has 1 heterocycles. The van der Waals surface area contributed by atoms with Crippen LogP contribution < -0.4 is 5.32 Å². The average molecular weight is 350 g/mol. The van der Waals surface area contributed by atoms with Crippen LogP contribution in [0.5, 0.6) is 0 Å². The molecular weight excluding hydrogens is 330 g/mol. The van der Waals surface area contributed by atoms with Crippen molar-refractivity contribution < 1.29 is 0 Å². The fourth-order valence-corrected chi connectivity index (χ4v) is 4.81. The van der Waals surface area contributed by atoms with E-state index in [1.54, 1.807) is 4.88 Å². The number of hydrogen-bond acceptors (Lipinski definition) is 2. The van der Waals surface area contributed by atoms with Crippen molar-refractivity contribution in [3.05, 3.63) is 55.7 Å². The van der Waals surface area contributed by atoms with Crippen LogP contribution >= 0.6 is 27.3 Å². The minimum absolute atomic E-state index is 0.547. The first kappa shape index (κ1) is 14.3. The second-order valence-electron chi connectivity index (χ2n) is 5.57. The molecule has 1 aliphatic rings. The number of fused-ring (bicyclic) bond motifs is 1. The highest BCUT2D eigenvalue weighted by Gasteiger charge is 2.21. The topological polar surface area (TPSA) is 12.0 Å². The molecule has 1 nitrogen and oxygen atoms in total. The predicted molar refractivity (Wildman–Crippen MR) is 90.6 cm³/mol. The molecule has 3 heteroatoms. The van der Waals surface area contributed by atoms with E-state index in [1.807, 2.05) is 11.3 Å². The highest BCUT2D eigenvalue weighted by Crippen LogP contribution is 2.37. The predicted octanol–water partition coefficient (Wildman–Crippen LogP) is 5.03. The van der Waals surface area contributed by atoms with Crippen molar-refractivity contribution in [2.75, 3.05) is 6.54 Å². The molecule has 3 rings (SSSR count). The summed E-state index contributed by atoms with van der Waals surface area (Å²) < 4.78 is 1.27. The van der Waals surface area contributed by atoms with Crippen LogP contribution in [0.3, 0.4) is 0 Å². The van der Waals surface area contributed by atoms with Crippen LogP contribution in [-0.2, 0) is 12.8 Å². The second kappa shape index (κ2) is 6.42. The Morgan fingerprint density at radius 2 is 2.25 bits per heavy atom. The highest BCUT2D eigenvalue weighted by molar-refractivity contribution is 9.11. The first-order chi connectivity index (χ1) is 9.72. The zero-order valence-corrected chi connectivity index (χ0v) is 14.2. The molecule has 0 saturated heterocycles. The van der Waals surface area contributed by atoms with E-state index in [9.17, 15) is 0 Å². The Balaban J connectivity index is 1.59. The first-order valence-corrected chi connectivity index (χ1v) is 8.90. The zero-order valence-electron chi connectivity index (χ0n) is 11.8. The molecule has 0 fully saturated rings. The Labute approximate surface area is 133 Å². The molecule has 2 aromatic rings. The lowest BCUT2D eigenvalue weighted by Crippen LogP contribution is -2.26. The third kappa shape index (κ3) is 3.33. The molecule has 0 bridgehead atoms.